The minimum absolute atomic E-state index is 0.0682. The molecule has 1 aromatic carbocycles. The summed E-state index contributed by atoms with van der Waals surface area (Å²) in [5.74, 6) is -3.11. The second kappa shape index (κ2) is 8.55. The molecule has 11 heteroatoms. The first-order valence-corrected chi connectivity index (χ1v) is 10.3. The predicted octanol–water partition coefficient (Wildman–Crippen LogP) is 3.66. The average molecular weight is 451 g/mol. The van der Waals surface area contributed by atoms with Gasteiger partial charge in [0, 0.05) is 27.5 Å². The molecule has 1 aliphatic heterocycles. The van der Waals surface area contributed by atoms with Crippen LogP contribution in [0.2, 0.25) is 0 Å². The van der Waals surface area contributed by atoms with E-state index in [4.69, 9.17) is 8.85 Å². The molecular formula is C21H23F3N6O2. The molecule has 1 saturated heterocycles. The van der Waals surface area contributed by atoms with Gasteiger partial charge in [0.05, 0.1) is 26.3 Å². The summed E-state index contributed by atoms with van der Waals surface area (Å²) in [4.78, 5) is 13.1. The van der Waals surface area contributed by atoms with Crippen molar-refractivity contribution in [1.29, 1.82) is 0 Å². The first-order valence-electron chi connectivity index (χ1n) is 11.8. The third-order valence-electron chi connectivity index (χ3n) is 5.52. The van der Waals surface area contributed by atoms with Crippen LogP contribution in [0.4, 0.5) is 30.8 Å². The summed E-state index contributed by atoms with van der Waals surface area (Å²) in [6, 6.07) is 0.136. The fourth-order valence-electron chi connectivity index (χ4n) is 3.92. The van der Waals surface area contributed by atoms with Crippen molar-refractivity contribution in [3.63, 3.8) is 0 Å². The minimum Gasteiger partial charge on any atom is -0.393 e. The second-order valence-corrected chi connectivity index (χ2v) is 7.78. The van der Waals surface area contributed by atoms with Crippen LogP contribution in [0.15, 0.2) is 18.3 Å². The van der Waals surface area contributed by atoms with Gasteiger partial charge in [0.2, 0.25) is 11.9 Å². The highest BCUT2D eigenvalue weighted by atomic mass is 19.1. The Balaban J connectivity index is 1.51. The molecule has 5 rings (SSSR count). The maximum atomic E-state index is 14.3. The van der Waals surface area contributed by atoms with Crippen molar-refractivity contribution in [1.82, 2.24) is 19.5 Å². The Labute approximate surface area is 186 Å². The zero-order chi connectivity index (χ0) is 25.0. The molecular weight excluding hydrogens is 425 g/mol. The van der Waals surface area contributed by atoms with Gasteiger partial charge in [0.25, 0.3) is 0 Å². The van der Waals surface area contributed by atoms with Gasteiger partial charge in [-0.2, -0.15) is 4.98 Å². The highest BCUT2D eigenvalue weighted by Crippen LogP contribution is 2.32. The lowest BCUT2D eigenvalue weighted by Crippen LogP contribution is -2.29. The van der Waals surface area contributed by atoms with Gasteiger partial charge in [-0.05, 0) is 32.1 Å². The Morgan fingerprint density at radius 3 is 2.69 bits per heavy atom. The van der Waals surface area contributed by atoms with Gasteiger partial charge in [-0.3, -0.25) is 4.57 Å². The van der Waals surface area contributed by atoms with Crippen molar-refractivity contribution in [2.75, 3.05) is 23.8 Å². The third-order valence-corrected chi connectivity index (χ3v) is 5.52. The highest BCUT2D eigenvalue weighted by molar-refractivity contribution is 5.76. The third kappa shape index (κ3) is 4.09. The molecule has 1 saturated carbocycles. The van der Waals surface area contributed by atoms with E-state index in [1.54, 1.807) is 4.57 Å². The van der Waals surface area contributed by atoms with E-state index in [-0.39, 0.29) is 37.2 Å². The Morgan fingerprint density at radius 2 is 1.97 bits per heavy atom. The lowest BCUT2D eigenvalue weighted by Gasteiger charge is -2.26. The number of imidazole rings is 1. The zero-order valence-electron chi connectivity index (χ0n) is 19.9. The standard InChI is InChI=1S/C21H23F3N6O2/c22-11-7-15(23)18(16(24)8-11)28-21-27-17-9-25-20(26-12-1-3-14(31)4-2-12)29-19(17)30(21)13-5-6-32-10-13/h7-9,12-14,31H,1-6,10H2,(H,27,28)(H,25,26,29)/i1D2,14D. The molecule has 0 radical (unpaired) electrons. The number of nitrogens with one attached hydrogen (secondary N) is 2. The van der Waals surface area contributed by atoms with Gasteiger partial charge in [0.15, 0.2) is 17.3 Å². The molecule has 0 bridgehead atoms. The molecule has 170 valence electrons. The number of halogens is 3. The lowest BCUT2D eigenvalue weighted by atomic mass is 9.93. The van der Waals surface area contributed by atoms with Crippen LogP contribution in [0.1, 0.15) is 42.2 Å². The molecule has 0 amide bonds. The lowest BCUT2D eigenvalue weighted by molar-refractivity contribution is 0.126. The van der Waals surface area contributed by atoms with E-state index in [1.807, 2.05) is 0 Å². The first kappa shape index (κ1) is 17.6. The van der Waals surface area contributed by atoms with E-state index in [0.717, 1.165) is 0 Å². The molecule has 2 aliphatic rings. The largest absolute Gasteiger partial charge is 0.393 e. The van der Waals surface area contributed by atoms with E-state index in [2.05, 4.69) is 25.6 Å². The highest BCUT2D eigenvalue weighted by Gasteiger charge is 2.27. The van der Waals surface area contributed by atoms with Gasteiger partial charge in [0.1, 0.15) is 17.0 Å². The summed E-state index contributed by atoms with van der Waals surface area (Å²) in [5, 5.41) is 15.5. The number of nitrogens with zero attached hydrogens (tertiary/aromatic N) is 4. The second-order valence-electron chi connectivity index (χ2n) is 7.78. The van der Waals surface area contributed by atoms with Crippen molar-refractivity contribution in [2.45, 2.75) is 50.2 Å². The van der Waals surface area contributed by atoms with E-state index in [1.165, 1.54) is 6.20 Å². The van der Waals surface area contributed by atoms with Crippen LogP contribution >= 0.6 is 0 Å². The smallest absolute Gasteiger partial charge is 0.224 e. The van der Waals surface area contributed by atoms with E-state index in [0.29, 0.717) is 42.9 Å². The molecule has 3 atom stereocenters. The van der Waals surface area contributed by atoms with E-state index < -0.39 is 41.6 Å². The van der Waals surface area contributed by atoms with E-state index >= 15 is 0 Å². The maximum Gasteiger partial charge on any atom is 0.224 e. The summed E-state index contributed by atoms with van der Waals surface area (Å²) in [7, 11) is 0. The molecule has 0 spiro atoms. The minimum atomic E-state index is -1.88. The topological polar surface area (TPSA) is 97.1 Å². The fraction of sp³-hybridized carbons (Fsp3) is 0.476. The van der Waals surface area contributed by atoms with Crippen molar-refractivity contribution in [2.24, 2.45) is 0 Å². The first-order chi connectivity index (χ1) is 16.5. The van der Waals surface area contributed by atoms with Gasteiger partial charge < -0.3 is 20.5 Å². The normalized spacial score (nSPS) is 28.8. The number of hydrogen-bond donors (Lipinski definition) is 3. The molecule has 2 aromatic heterocycles. The van der Waals surface area contributed by atoms with E-state index in [9.17, 15) is 18.3 Å². The number of aromatic nitrogens is 4. The number of ether oxygens (including phenoxy) is 1. The Kier molecular flexibility index (Phi) is 4.71. The number of anilines is 3. The van der Waals surface area contributed by atoms with Crippen LogP contribution in [-0.4, -0.2) is 50.0 Å². The molecule has 3 aromatic rings. The molecule has 1 aliphatic carbocycles. The van der Waals surface area contributed by atoms with Crippen LogP contribution in [0, 0.1) is 17.5 Å². The van der Waals surface area contributed by atoms with Crippen LogP contribution in [0.5, 0.6) is 0 Å². The number of rotatable bonds is 5. The number of hydrogen-bond acceptors (Lipinski definition) is 7. The van der Waals surface area contributed by atoms with Gasteiger partial charge >= 0.3 is 0 Å². The van der Waals surface area contributed by atoms with Gasteiger partial charge in [-0.15, -0.1) is 0 Å². The zero-order valence-corrected chi connectivity index (χ0v) is 16.9. The summed E-state index contributed by atoms with van der Waals surface area (Å²) >= 11 is 0. The summed E-state index contributed by atoms with van der Waals surface area (Å²) < 4.78 is 73.3. The monoisotopic (exact) mass is 451 g/mol. The van der Waals surface area contributed by atoms with Crippen LogP contribution in [0.3, 0.4) is 0 Å². The van der Waals surface area contributed by atoms with Gasteiger partial charge in [-0.25, -0.2) is 23.1 Å². The van der Waals surface area contributed by atoms with Crippen molar-refractivity contribution in [3.8, 4) is 0 Å². The number of fused-ring (bicyclic) bond motifs is 1. The van der Waals surface area contributed by atoms with Crippen molar-refractivity contribution in [3.05, 3.63) is 35.8 Å². The van der Waals surface area contributed by atoms with Gasteiger partial charge in [-0.1, -0.05) is 0 Å². The molecule has 32 heavy (non-hydrogen) atoms. The fourth-order valence-corrected chi connectivity index (χ4v) is 3.92. The summed E-state index contributed by atoms with van der Waals surface area (Å²) in [5.41, 5.74) is 0.0864. The molecule has 2 fully saturated rings. The maximum absolute atomic E-state index is 14.3. The van der Waals surface area contributed by atoms with Crippen LogP contribution in [-0.2, 0) is 4.74 Å². The summed E-state index contributed by atoms with van der Waals surface area (Å²) in [6.45, 7) is 0.784. The Morgan fingerprint density at radius 1 is 1.16 bits per heavy atom. The van der Waals surface area contributed by atoms with Crippen molar-refractivity contribution < 1.29 is 27.1 Å². The number of aliphatic hydroxyl groups is 1. The van der Waals surface area contributed by atoms with Crippen LogP contribution in [0.25, 0.3) is 11.2 Å². The van der Waals surface area contributed by atoms with Crippen molar-refractivity contribution >= 4 is 28.7 Å². The Bertz CT molecular complexity index is 1250. The predicted molar refractivity (Wildman–Crippen MR) is 111 cm³/mol. The SMILES string of the molecule is [2H]C1(O)CCC(Nc2ncc3nc(Nc4c(F)cc(F)cc4F)n(C4CCOC4)c3n2)C([2H])([2H])C1. The quantitative estimate of drug-likeness (QED) is 0.545. The number of benzene rings is 1. The Hall–Kier alpha value is -2.92. The van der Waals surface area contributed by atoms with Crippen LogP contribution < -0.4 is 10.6 Å². The molecule has 3 unspecified atom stereocenters. The summed E-state index contributed by atoms with van der Waals surface area (Å²) in [6.07, 6.45) is -1.80. The average Bonchev–Trinajstić information content (AvgIpc) is 3.39. The molecule has 8 nitrogen and oxygen atoms in total. The molecule has 3 N–H and O–H groups in total. The molecule has 3 heterocycles.